The van der Waals surface area contributed by atoms with Crippen molar-refractivity contribution in [2.24, 2.45) is 16.8 Å². The van der Waals surface area contributed by atoms with Gasteiger partial charge in [-0.1, -0.05) is 5.16 Å². The van der Waals surface area contributed by atoms with Crippen molar-refractivity contribution >= 4 is 44.1 Å². The molecule has 1 aliphatic heterocycles. The molecule has 1 aromatic carbocycles. The number of H-pyrrole nitrogens is 1. The van der Waals surface area contributed by atoms with Crippen LogP contribution in [0.15, 0.2) is 26.9 Å². The second-order valence-electron chi connectivity index (χ2n) is 7.54. The van der Waals surface area contributed by atoms with Gasteiger partial charge in [0.05, 0.1) is 23.5 Å². The lowest BCUT2D eigenvalue weighted by Gasteiger charge is -2.20. The van der Waals surface area contributed by atoms with E-state index in [9.17, 15) is 9.59 Å². The van der Waals surface area contributed by atoms with Crippen LogP contribution in [0.1, 0.15) is 18.9 Å². The van der Waals surface area contributed by atoms with Crippen LogP contribution in [0, 0.1) is 11.7 Å². The molecule has 1 aliphatic carbocycles. The Morgan fingerprint density at radius 3 is 2.86 bits per heavy atom. The number of nitrogens with zero attached hydrogens (tertiary/aromatic N) is 3. The molecule has 2 aliphatic rings. The third-order valence-electron chi connectivity index (χ3n) is 5.71. The minimum absolute atomic E-state index is 0.0203. The average Bonchev–Trinajstić information content (AvgIpc) is 3.35. The van der Waals surface area contributed by atoms with Crippen LogP contribution in [0.25, 0.3) is 21.1 Å². The van der Waals surface area contributed by atoms with E-state index in [0.29, 0.717) is 35.7 Å². The molecule has 152 valence electrons. The summed E-state index contributed by atoms with van der Waals surface area (Å²) in [6.07, 6.45) is 1.94. The first-order valence-electron chi connectivity index (χ1n) is 9.47. The van der Waals surface area contributed by atoms with E-state index in [4.69, 9.17) is 10.6 Å². The van der Waals surface area contributed by atoms with E-state index in [0.717, 1.165) is 30.1 Å². The number of hydrogen-bond acceptors (Lipinski definition) is 7. The summed E-state index contributed by atoms with van der Waals surface area (Å²) >= 11 is 1.16. The van der Waals surface area contributed by atoms with Gasteiger partial charge in [-0.15, -0.1) is 0 Å². The van der Waals surface area contributed by atoms with E-state index in [1.54, 1.807) is 6.07 Å². The number of pyridine rings is 1. The summed E-state index contributed by atoms with van der Waals surface area (Å²) in [6, 6.07) is 3.19. The molecule has 0 amide bonds. The summed E-state index contributed by atoms with van der Waals surface area (Å²) in [6.45, 7) is 1.32. The number of anilines is 1. The lowest BCUT2D eigenvalue weighted by atomic mass is 10.1. The molecule has 3 heterocycles. The highest BCUT2D eigenvalue weighted by Gasteiger charge is 2.33. The van der Waals surface area contributed by atoms with Gasteiger partial charge in [0.25, 0.3) is 5.56 Å². The summed E-state index contributed by atoms with van der Waals surface area (Å²) in [7, 11) is 1.47. The molecule has 3 aromatic rings. The van der Waals surface area contributed by atoms with Gasteiger partial charge in [0.15, 0.2) is 0 Å². The van der Waals surface area contributed by atoms with Crippen LogP contribution in [0.2, 0.25) is 0 Å². The number of rotatable bonds is 4. The van der Waals surface area contributed by atoms with Crippen LogP contribution < -0.4 is 21.6 Å². The van der Waals surface area contributed by atoms with Crippen molar-refractivity contribution in [3.8, 4) is 0 Å². The third kappa shape index (κ3) is 2.77. The summed E-state index contributed by atoms with van der Waals surface area (Å²) in [4.78, 5) is 32.5. The Kier molecular flexibility index (Phi) is 4.21. The van der Waals surface area contributed by atoms with Gasteiger partial charge in [0.1, 0.15) is 23.1 Å². The zero-order valence-electron chi connectivity index (χ0n) is 15.8. The maximum Gasteiger partial charge on any atom is 0.271 e. The van der Waals surface area contributed by atoms with Crippen molar-refractivity contribution in [2.45, 2.75) is 18.9 Å². The van der Waals surface area contributed by atoms with Crippen LogP contribution in [-0.4, -0.2) is 41.4 Å². The van der Waals surface area contributed by atoms with E-state index in [2.05, 4.69) is 9.53 Å². The van der Waals surface area contributed by atoms with Gasteiger partial charge >= 0.3 is 0 Å². The minimum atomic E-state index is -0.502. The molecule has 1 atom stereocenters. The first kappa shape index (κ1) is 18.3. The molecule has 1 saturated heterocycles. The van der Waals surface area contributed by atoms with E-state index in [-0.39, 0.29) is 22.7 Å². The second-order valence-corrected chi connectivity index (χ2v) is 8.34. The highest BCUT2D eigenvalue weighted by Crippen LogP contribution is 2.41. The molecular weight excluding hydrogens is 397 g/mol. The van der Waals surface area contributed by atoms with E-state index in [1.165, 1.54) is 13.2 Å². The van der Waals surface area contributed by atoms with E-state index >= 15 is 4.39 Å². The molecule has 0 unspecified atom stereocenters. The maximum atomic E-state index is 15.1. The fraction of sp³-hybridized carbons (Fsp3) is 0.421. The first-order chi connectivity index (χ1) is 14.0. The molecule has 10 heteroatoms. The molecule has 0 bridgehead atoms. The minimum Gasteiger partial charge on any atom is -0.399 e. The van der Waals surface area contributed by atoms with Crippen molar-refractivity contribution in [2.75, 3.05) is 31.6 Å². The van der Waals surface area contributed by atoms with Gasteiger partial charge in [0, 0.05) is 30.4 Å². The molecule has 29 heavy (non-hydrogen) atoms. The number of nitrogens with one attached hydrogen (secondary N) is 1. The Morgan fingerprint density at radius 1 is 1.38 bits per heavy atom. The standard InChI is InChI=1S/C19H20FN5O3S/c1-28-22-13-8-24(7-9(13)6-21)15-5-14-11(4-12(15)20)17(26)16-18(27)23-29-19(16)25(14)10-2-3-10/h4-5,9-10H,2-3,6-8,21H2,1H3,(H,23,27)/b22-13-/t9-/m0/s1. The number of nitrogens with two attached hydrogens (primary N) is 1. The van der Waals surface area contributed by atoms with Gasteiger partial charge in [-0.2, -0.15) is 0 Å². The Bertz CT molecular complexity index is 1270. The normalized spacial score (nSPS) is 21.0. The van der Waals surface area contributed by atoms with Gasteiger partial charge in [0.2, 0.25) is 5.43 Å². The quantitative estimate of drug-likeness (QED) is 0.630. The molecule has 2 fully saturated rings. The van der Waals surface area contributed by atoms with Crippen molar-refractivity contribution in [1.29, 1.82) is 0 Å². The summed E-state index contributed by atoms with van der Waals surface area (Å²) in [5, 5.41) is 4.38. The summed E-state index contributed by atoms with van der Waals surface area (Å²) in [5.41, 5.74) is 6.82. The number of halogens is 1. The van der Waals surface area contributed by atoms with E-state index in [1.807, 2.05) is 9.47 Å². The van der Waals surface area contributed by atoms with Crippen molar-refractivity contribution in [3.63, 3.8) is 0 Å². The largest absolute Gasteiger partial charge is 0.399 e. The molecule has 0 spiro atoms. The molecule has 2 aromatic heterocycles. The van der Waals surface area contributed by atoms with Gasteiger partial charge in [-0.3, -0.25) is 14.0 Å². The third-order valence-corrected chi connectivity index (χ3v) is 6.59. The number of aromatic nitrogens is 2. The highest BCUT2D eigenvalue weighted by molar-refractivity contribution is 7.12. The van der Waals surface area contributed by atoms with Crippen molar-refractivity contribution in [3.05, 3.63) is 38.5 Å². The molecule has 5 rings (SSSR count). The Morgan fingerprint density at radius 2 is 2.17 bits per heavy atom. The van der Waals surface area contributed by atoms with Crippen LogP contribution >= 0.6 is 11.5 Å². The van der Waals surface area contributed by atoms with E-state index < -0.39 is 16.8 Å². The number of hydrogen-bond donors (Lipinski definition) is 2. The zero-order chi connectivity index (χ0) is 20.3. The topological polar surface area (TPSA) is 106 Å². The second kappa shape index (κ2) is 6.67. The number of benzene rings is 1. The smallest absolute Gasteiger partial charge is 0.271 e. The summed E-state index contributed by atoms with van der Waals surface area (Å²) < 4.78 is 19.8. The number of aromatic amines is 1. The van der Waals surface area contributed by atoms with Gasteiger partial charge < -0.3 is 20.0 Å². The zero-order valence-corrected chi connectivity index (χ0v) is 16.6. The van der Waals surface area contributed by atoms with Gasteiger partial charge in [-0.05, 0) is 36.5 Å². The van der Waals surface area contributed by atoms with Crippen LogP contribution in [0.4, 0.5) is 10.1 Å². The monoisotopic (exact) mass is 417 g/mol. The maximum absolute atomic E-state index is 15.1. The average molecular weight is 417 g/mol. The number of oxime groups is 1. The first-order valence-corrected chi connectivity index (χ1v) is 10.3. The molecule has 0 radical (unpaired) electrons. The van der Waals surface area contributed by atoms with Crippen molar-refractivity contribution < 1.29 is 9.23 Å². The SMILES string of the molecule is CO/N=C1/CN(c2cc3c(cc2F)c(=O)c2c(=O)[nH]sc2n3C2CC2)C[C@@H]1CN. The molecular formula is C19H20FN5O3S. The predicted molar refractivity (Wildman–Crippen MR) is 112 cm³/mol. The van der Waals surface area contributed by atoms with Gasteiger partial charge in [-0.25, -0.2) is 4.39 Å². The Labute approximate surface area is 168 Å². The van der Waals surface area contributed by atoms with Crippen molar-refractivity contribution in [1.82, 2.24) is 8.94 Å². The van der Waals surface area contributed by atoms with Crippen LogP contribution in [0.3, 0.4) is 0 Å². The number of fused-ring (bicyclic) bond motifs is 2. The molecule has 1 saturated carbocycles. The molecule has 8 nitrogen and oxygen atoms in total. The molecule has 3 N–H and O–H groups in total. The highest BCUT2D eigenvalue weighted by atomic mass is 32.1. The lowest BCUT2D eigenvalue weighted by Crippen LogP contribution is -2.24. The fourth-order valence-corrected chi connectivity index (χ4v) is 5.08. The Balaban J connectivity index is 1.73. The van der Waals surface area contributed by atoms with Crippen LogP contribution in [-0.2, 0) is 4.84 Å². The lowest BCUT2D eigenvalue weighted by molar-refractivity contribution is 0.211. The fourth-order valence-electron chi connectivity index (χ4n) is 4.15. The predicted octanol–water partition coefficient (Wildman–Crippen LogP) is 1.78. The van der Waals surface area contributed by atoms with Crippen LogP contribution in [0.5, 0.6) is 0 Å². The Hall–Kier alpha value is -2.72. The summed E-state index contributed by atoms with van der Waals surface area (Å²) in [5.74, 6) is -0.523.